The maximum Gasteiger partial charge on any atom is 0.328 e. The summed E-state index contributed by atoms with van der Waals surface area (Å²) in [7, 11) is 3.25. The number of carbonyl (C=O) groups is 2. The third kappa shape index (κ3) is 7.54. The third-order valence-corrected chi connectivity index (χ3v) is 6.03. The zero-order valence-electron chi connectivity index (χ0n) is 20.4. The smallest absolute Gasteiger partial charge is 0.328 e. The topological polar surface area (TPSA) is 135 Å². The lowest BCUT2D eigenvalue weighted by Crippen LogP contribution is -2.33. The number of carboxylic acid groups (broad SMARTS) is 2. The summed E-state index contributed by atoms with van der Waals surface area (Å²) in [6.45, 7) is 3.21. The summed E-state index contributed by atoms with van der Waals surface area (Å²) in [4.78, 5) is 26.0. The van der Waals surface area contributed by atoms with Crippen molar-refractivity contribution in [1.82, 2.24) is 15.0 Å². The molecule has 0 amide bonds. The quantitative estimate of drug-likeness (QED) is 0.420. The highest BCUT2D eigenvalue weighted by atomic mass is 16.5. The van der Waals surface area contributed by atoms with E-state index in [1.165, 1.54) is 12.8 Å². The first kappa shape index (κ1) is 26.7. The number of aliphatic carboxylic acids is 2. The monoisotopic (exact) mass is 497 g/mol. The van der Waals surface area contributed by atoms with Crippen LogP contribution < -0.4 is 9.47 Å². The van der Waals surface area contributed by atoms with Crippen molar-refractivity contribution in [2.45, 2.75) is 32.2 Å². The Balaban J connectivity index is 0.000000392. The first-order chi connectivity index (χ1) is 17.4. The van der Waals surface area contributed by atoms with Gasteiger partial charge < -0.3 is 24.2 Å². The van der Waals surface area contributed by atoms with Gasteiger partial charge in [-0.3, -0.25) is 9.88 Å². The summed E-state index contributed by atoms with van der Waals surface area (Å²) in [5.74, 6) is -0.508. The summed E-state index contributed by atoms with van der Waals surface area (Å²) in [5.41, 5.74) is 2.83. The van der Waals surface area contributed by atoms with Crippen molar-refractivity contribution in [2.24, 2.45) is 5.92 Å². The molecule has 2 aromatic heterocycles. The molecule has 0 aliphatic carbocycles. The second kappa shape index (κ2) is 13.2. The van der Waals surface area contributed by atoms with Gasteiger partial charge in [-0.15, -0.1) is 0 Å². The van der Waals surface area contributed by atoms with Crippen LogP contribution in [0, 0.1) is 5.92 Å². The van der Waals surface area contributed by atoms with E-state index in [1.807, 2.05) is 24.4 Å². The van der Waals surface area contributed by atoms with E-state index in [2.05, 4.69) is 27.2 Å². The number of hydrogen-bond acceptors (Lipinski definition) is 8. The fourth-order valence-electron chi connectivity index (χ4n) is 4.18. The fourth-order valence-corrected chi connectivity index (χ4v) is 4.18. The molecule has 0 atom stereocenters. The van der Waals surface area contributed by atoms with Gasteiger partial charge in [0.15, 0.2) is 5.75 Å². The molecule has 2 N–H and O–H groups in total. The van der Waals surface area contributed by atoms with Crippen molar-refractivity contribution < 1.29 is 33.8 Å². The van der Waals surface area contributed by atoms with E-state index < -0.39 is 11.9 Å². The van der Waals surface area contributed by atoms with Gasteiger partial charge >= 0.3 is 11.9 Å². The van der Waals surface area contributed by atoms with Crippen LogP contribution in [0.15, 0.2) is 53.2 Å². The van der Waals surface area contributed by atoms with Crippen LogP contribution in [0.3, 0.4) is 0 Å². The Kier molecular flexibility index (Phi) is 9.82. The van der Waals surface area contributed by atoms with Crippen LogP contribution in [0.25, 0.3) is 11.0 Å². The van der Waals surface area contributed by atoms with Crippen LogP contribution in [0.1, 0.15) is 30.7 Å². The molecule has 3 heterocycles. The highest BCUT2D eigenvalue weighted by Crippen LogP contribution is 2.37. The van der Waals surface area contributed by atoms with Gasteiger partial charge in [0.25, 0.3) is 0 Å². The molecule has 0 unspecified atom stereocenters. The second-order valence-corrected chi connectivity index (χ2v) is 8.40. The van der Waals surface area contributed by atoms with E-state index in [-0.39, 0.29) is 0 Å². The molecule has 10 heteroatoms. The van der Waals surface area contributed by atoms with Gasteiger partial charge in [0, 0.05) is 30.3 Å². The second-order valence-electron chi connectivity index (χ2n) is 8.40. The Hall–Kier alpha value is -3.92. The number of pyridine rings is 1. The van der Waals surface area contributed by atoms with Crippen LogP contribution in [-0.4, -0.2) is 64.5 Å². The standard InChI is InChI=1S/C22H27N3O3.C4H4O4/c1-26-20-9-7-18-19(24-28-21(18)22(20)27-2)8-6-16-10-13-25(14-11-16)15-17-5-3-4-12-23-17;5-3(6)1-2-4(7)8/h3-5,7,9,12,16H,6,8,10-11,13-15H2,1-2H3;1-2H,(H,5,6)(H,7,8)/b;2-1+. The van der Waals surface area contributed by atoms with E-state index in [0.717, 1.165) is 55.2 Å². The molecule has 1 aromatic carbocycles. The highest BCUT2D eigenvalue weighted by Gasteiger charge is 2.22. The molecule has 1 aliphatic rings. The number of carboxylic acids is 2. The number of piperidine rings is 1. The third-order valence-electron chi connectivity index (χ3n) is 6.03. The molecule has 10 nitrogen and oxygen atoms in total. The molecule has 0 bridgehead atoms. The molecule has 192 valence electrons. The van der Waals surface area contributed by atoms with E-state index in [4.69, 9.17) is 24.2 Å². The van der Waals surface area contributed by atoms with Gasteiger partial charge in [-0.25, -0.2) is 9.59 Å². The Labute approximate surface area is 209 Å². The predicted molar refractivity (Wildman–Crippen MR) is 132 cm³/mol. The molecular weight excluding hydrogens is 466 g/mol. The molecule has 1 fully saturated rings. The van der Waals surface area contributed by atoms with Crippen molar-refractivity contribution in [3.05, 3.63) is 60.1 Å². The van der Waals surface area contributed by atoms with Gasteiger partial charge in [0.1, 0.15) is 0 Å². The van der Waals surface area contributed by atoms with Crippen LogP contribution in [0.5, 0.6) is 11.5 Å². The van der Waals surface area contributed by atoms with Crippen molar-refractivity contribution >= 4 is 22.9 Å². The van der Waals surface area contributed by atoms with Gasteiger partial charge in [-0.2, -0.15) is 0 Å². The van der Waals surface area contributed by atoms with Crippen molar-refractivity contribution in [1.29, 1.82) is 0 Å². The minimum absolute atomic E-state index is 0.558. The number of hydrogen-bond donors (Lipinski definition) is 2. The Morgan fingerprint density at radius 3 is 2.39 bits per heavy atom. The lowest BCUT2D eigenvalue weighted by atomic mass is 9.91. The normalized spacial score (nSPS) is 14.4. The number of nitrogens with zero attached hydrogens (tertiary/aromatic N) is 3. The van der Waals surface area contributed by atoms with Gasteiger partial charge in [-0.05, 0) is 69.0 Å². The molecule has 1 saturated heterocycles. The number of aromatic nitrogens is 2. The van der Waals surface area contributed by atoms with Gasteiger partial charge in [0.05, 0.1) is 25.6 Å². The number of rotatable bonds is 9. The lowest BCUT2D eigenvalue weighted by molar-refractivity contribution is -0.134. The molecular formula is C26H31N3O7. The predicted octanol–water partition coefficient (Wildman–Crippen LogP) is 3.80. The van der Waals surface area contributed by atoms with Crippen LogP contribution in [-0.2, 0) is 22.6 Å². The van der Waals surface area contributed by atoms with Crippen molar-refractivity contribution in [3.8, 4) is 11.5 Å². The molecule has 0 saturated carbocycles. The molecule has 1 aliphatic heterocycles. The van der Waals surface area contributed by atoms with Crippen LogP contribution >= 0.6 is 0 Å². The fraction of sp³-hybridized carbons (Fsp3) is 0.385. The zero-order valence-corrected chi connectivity index (χ0v) is 20.4. The Morgan fingerprint density at radius 2 is 1.81 bits per heavy atom. The lowest BCUT2D eigenvalue weighted by Gasteiger charge is -2.31. The Morgan fingerprint density at radius 1 is 1.08 bits per heavy atom. The maximum atomic E-state index is 9.55. The van der Waals surface area contributed by atoms with Crippen molar-refractivity contribution in [2.75, 3.05) is 27.3 Å². The number of likely N-dealkylation sites (tertiary alicyclic amines) is 1. The average molecular weight is 498 g/mol. The van der Waals surface area contributed by atoms with Gasteiger partial charge in [0.2, 0.25) is 11.3 Å². The molecule has 0 radical (unpaired) electrons. The van der Waals surface area contributed by atoms with Crippen LogP contribution in [0.4, 0.5) is 0 Å². The average Bonchev–Trinajstić information content (AvgIpc) is 3.30. The summed E-state index contributed by atoms with van der Waals surface area (Å²) >= 11 is 0. The number of methoxy groups -OCH3 is 2. The number of ether oxygens (including phenoxy) is 2. The summed E-state index contributed by atoms with van der Waals surface area (Å²) in [6, 6.07) is 10.1. The minimum atomic E-state index is -1.26. The largest absolute Gasteiger partial charge is 0.493 e. The summed E-state index contributed by atoms with van der Waals surface area (Å²) in [5, 5.41) is 20.9. The van der Waals surface area contributed by atoms with E-state index in [9.17, 15) is 9.59 Å². The minimum Gasteiger partial charge on any atom is -0.493 e. The summed E-state index contributed by atoms with van der Waals surface area (Å²) < 4.78 is 16.4. The maximum absolute atomic E-state index is 9.55. The molecule has 4 rings (SSSR count). The van der Waals surface area contributed by atoms with E-state index >= 15 is 0 Å². The van der Waals surface area contributed by atoms with Crippen LogP contribution in [0.2, 0.25) is 0 Å². The van der Waals surface area contributed by atoms with E-state index in [0.29, 0.717) is 29.2 Å². The summed E-state index contributed by atoms with van der Waals surface area (Å²) in [6.07, 6.45) is 7.49. The van der Waals surface area contributed by atoms with Crippen molar-refractivity contribution in [3.63, 3.8) is 0 Å². The number of aryl methyl sites for hydroxylation is 1. The molecule has 3 aromatic rings. The SMILES string of the molecule is COc1ccc2c(CCC3CCN(Cc4ccccn4)CC3)noc2c1OC.O=C(O)/C=C/C(=O)O. The first-order valence-corrected chi connectivity index (χ1v) is 11.7. The first-order valence-electron chi connectivity index (χ1n) is 11.7. The van der Waals surface area contributed by atoms with E-state index in [1.54, 1.807) is 14.2 Å². The zero-order chi connectivity index (χ0) is 25.9. The number of benzene rings is 1. The highest BCUT2D eigenvalue weighted by molar-refractivity contribution is 5.89. The Bertz CT molecular complexity index is 1150. The molecule has 0 spiro atoms. The number of fused-ring (bicyclic) bond motifs is 1. The van der Waals surface area contributed by atoms with Gasteiger partial charge in [-0.1, -0.05) is 11.2 Å². The molecule has 36 heavy (non-hydrogen) atoms.